The number of carbonyl (C=O) groups is 1. The summed E-state index contributed by atoms with van der Waals surface area (Å²) in [4.78, 5) is 26.5. The van der Waals surface area contributed by atoms with Crippen LogP contribution < -0.4 is 35.9 Å². The minimum atomic E-state index is -0.500. The Morgan fingerprint density at radius 3 is 2.61 bits per heavy atom. The van der Waals surface area contributed by atoms with Crippen molar-refractivity contribution in [2.75, 3.05) is 24.3 Å². The molecule has 11 heteroatoms. The summed E-state index contributed by atoms with van der Waals surface area (Å²) in [5.74, 6) is 2.52. The molecule has 4 aromatic rings. The molecule has 196 valence electrons. The third-order valence-corrected chi connectivity index (χ3v) is 5.60. The third kappa shape index (κ3) is 5.37. The second-order valence-electron chi connectivity index (χ2n) is 9.71. The molecule has 1 aliphatic rings. The van der Waals surface area contributed by atoms with E-state index in [1.165, 1.54) is 0 Å². The standard InChI is InChI=1S/C27H29N7O4/c1-27(2,3)34-26(35)33-24-18(17-7-5-6-8-19(17)36-4)11-15-14-29-25(32-23(15)31-24)30-16-9-10-20-21(12-16)38-22(13-28)37-20/h5-12,14,22H,13,28H2,1-4H3,(H3,29,30,31,32,33,34,35). The zero-order valence-corrected chi connectivity index (χ0v) is 21.5. The number of ether oxygens (including phenoxy) is 3. The van der Waals surface area contributed by atoms with E-state index >= 15 is 0 Å². The van der Waals surface area contributed by atoms with Gasteiger partial charge in [0, 0.05) is 40.0 Å². The highest BCUT2D eigenvalue weighted by atomic mass is 16.7. The predicted molar refractivity (Wildman–Crippen MR) is 145 cm³/mol. The van der Waals surface area contributed by atoms with Crippen LogP contribution in [0, 0.1) is 0 Å². The highest BCUT2D eigenvalue weighted by molar-refractivity contribution is 5.97. The molecule has 3 heterocycles. The van der Waals surface area contributed by atoms with Gasteiger partial charge in [-0.05, 0) is 45.0 Å². The Morgan fingerprint density at radius 1 is 1.05 bits per heavy atom. The molecular formula is C27H29N7O4. The monoisotopic (exact) mass is 515 g/mol. The largest absolute Gasteiger partial charge is 0.496 e. The Labute approximate surface area is 219 Å². The van der Waals surface area contributed by atoms with E-state index in [4.69, 9.17) is 24.9 Å². The summed E-state index contributed by atoms with van der Waals surface area (Å²) in [6.07, 6.45) is 1.17. The molecule has 1 unspecified atom stereocenters. The lowest BCUT2D eigenvalue weighted by atomic mass is 10.0. The molecule has 0 fully saturated rings. The van der Waals surface area contributed by atoms with Crippen molar-refractivity contribution >= 4 is 34.5 Å². The molecule has 1 atom stereocenters. The molecule has 0 radical (unpaired) electrons. The molecule has 2 aromatic heterocycles. The fourth-order valence-electron chi connectivity index (χ4n) is 3.98. The number of nitrogens with one attached hydrogen (secondary N) is 3. The van der Waals surface area contributed by atoms with Crippen LogP contribution in [0.2, 0.25) is 0 Å². The number of benzene rings is 2. The maximum Gasteiger partial charge on any atom is 0.320 e. The van der Waals surface area contributed by atoms with Crippen LogP contribution in [0.1, 0.15) is 20.8 Å². The number of amides is 2. The molecular weight excluding hydrogens is 486 g/mol. The molecule has 11 nitrogen and oxygen atoms in total. The molecule has 0 saturated carbocycles. The van der Waals surface area contributed by atoms with E-state index in [2.05, 4.69) is 25.9 Å². The van der Waals surface area contributed by atoms with Crippen LogP contribution in [0.3, 0.4) is 0 Å². The van der Waals surface area contributed by atoms with Gasteiger partial charge in [-0.25, -0.2) is 14.8 Å². The molecule has 5 rings (SSSR count). The summed E-state index contributed by atoms with van der Waals surface area (Å²) in [6, 6.07) is 14.4. The summed E-state index contributed by atoms with van der Waals surface area (Å²) in [6.45, 7) is 5.95. The second-order valence-corrected chi connectivity index (χ2v) is 9.71. The van der Waals surface area contributed by atoms with Crippen LogP contribution in [0.5, 0.6) is 17.2 Å². The van der Waals surface area contributed by atoms with Crippen molar-refractivity contribution in [3.63, 3.8) is 0 Å². The lowest BCUT2D eigenvalue weighted by molar-refractivity contribution is 0.0581. The van der Waals surface area contributed by atoms with Gasteiger partial charge in [0.05, 0.1) is 13.7 Å². The number of pyridine rings is 1. The van der Waals surface area contributed by atoms with E-state index in [9.17, 15) is 4.79 Å². The number of aromatic nitrogens is 3. The maximum absolute atomic E-state index is 12.8. The lowest BCUT2D eigenvalue weighted by Gasteiger charge is -2.21. The molecule has 1 aliphatic heterocycles. The van der Waals surface area contributed by atoms with Gasteiger partial charge in [0.2, 0.25) is 5.95 Å². The molecule has 38 heavy (non-hydrogen) atoms. The van der Waals surface area contributed by atoms with Gasteiger partial charge >= 0.3 is 6.03 Å². The molecule has 0 bridgehead atoms. The van der Waals surface area contributed by atoms with E-state index in [0.717, 1.165) is 5.56 Å². The number of urea groups is 1. The number of fused-ring (bicyclic) bond motifs is 2. The summed E-state index contributed by atoms with van der Waals surface area (Å²) in [5, 5.41) is 9.63. The van der Waals surface area contributed by atoms with Crippen molar-refractivity contribution in [1.82, 2.24) is 20.3 Å². The zero-order chi connectivity index (χ0) is 26.9. The number of carbonyl (C=O) groups excluding carboxylic acids is 1. The highest BCUT2D eigenvalue weighted by Gasteiger charge is 2.23. The molecule has 2 amide bonds. The average molecular weight is 516 g/mol. The summed E-state index contributed by atoms with van der Waals surface area (Å²) in [5.41, 5.74) is 7.76. The van der Waals surface area contributed by atoms with Crippen LogP contribution in [0.15, 0.2) is 54.7 Å². The van der Waals surface area contributed by atoms with Crippen LogP contribution >= 0.6 is 0 Å². The number of methoxy groups -OCH3 is 1. The van der Waals surface area contributed by atoms with Crippen molar-refractivity contribution in [2.24, 2.45) is 5.73 Å². The maximum atomic E-state index is 12.8. The average Bonchev–Trinajstić information content (AvgIpc) is 3.30. The van der Waals surface area contributed by atoms with Crippen molar-refractivity contribution < 1.29 is 19.0 Å². The van der Waals surface area contributed by atoms with E-state index < -0.39 is 11.8 Å². The van der Waals surface area contributed by atoms with Crippen LogP contribution in [-0.4, -0.2) is 46.5 Å². The van der Waals surface area contributed by atoms with Gasteiger partial charge in [0.25, 0.3) is 6.29 Å². The first-order chi connectivity index (χ1) is 18.2. The van der Waals surface area contributed by atoms with E-state index in [1.807, 2.05) is 57.2 Å². The molecule has 2 aromatic carbocycles. The van der Waals surface area contributed by atoms with Crippen molar-refractivity contribution in [3.05, 3.63) is 54.7 Å². The van der Waals surface area contributed by atoms with Crippen LogP contribution in [-0.2, 0) is 0 Å². The van der Waals surface area contributed by atoms with Crippen LogP contribution in [0.4, 0.5) is 22.2 Å². The van der Waals surface area contributed by atoms with Crippen molar-refractivity contribution in [3.8, 4) is 28.4 Å². The Kier molecular flexibility index (Phi) is 6.60. The molecule has 0 saturated heterocycles. The highest BCUT2D eigenvalue weighted by Crippen LogP contribution is 2.38. The number of anilines is 3. The minimum Gasteiger partial charge on any atom is -0.496 e. The van der Waals surface area contributed by atoms with Gasteiger partial charge in [-0.2, -0.15) is 4.98 Å². The van der Waals surface area contributed by atoms with Crippen molar-refractivity contribution in [1.29, 1.82) is 0 Å². The van der Waals surface area contributed by atoms with E-state index in [-0.39, 0.29) is 12.6 Å². The number of hydrogen-bond acceptors (Lipinski definition) is 9. The zero-order valence-electron chi connectivity index (χ0n) is 21.5. The SMILES string of the molecule is COc1ccccc1-c1cc2cnc(Nc3ccc4c(c3)OC(CN)O4)nc2nc1NC(=O)NC(C)(C)C. The van der Waals surface area contributed by atoms with Gasteiger partial charge in [-0.15, -0.1) is 0 Å². The first-order valence-corrected chi connectivity index (χ1v) is 12.1. The number of para-hydroxylation sites is 1. The Balaban J connectivity index is 1.50. The van der Waals surface area contributed by atoms with Gasteiger partial charge < -0.3 is 30.6 Å². The van der Waals surface area contributed by atoms with E-state index in [1.54, 1.807) is 25.4 Å². The smallest absolute Gasteiger partial charge is 0.320 e. The van der Waals surface area contributed by atoms with Crippen molar-refractivity contribution in [2.45, 2.75) is 32.6 Å². The Morgan fingerprint density at radius 2 is 1.84 bits per heavy atom. The number of hydrogen-bond donors (Lipinski definition) is 4. The van der Waals surface area contributed by atoms with Gasteiger partial charge in [0.1, 0.15) is 11.6 Å². The number of nitrogens with two attached hydrogens (primary N) is 1. The van der Waals surface area contributed by atoms with Gasteiger partial charge in [-0.1, -0.05) is 18.2 Å². The molecule has 0 spiro atoms. The van der Waals surface area contributed by atoms with Gasteiger partial charge in [0.15, 0.2) is 17.1 Å². The molecule has 5 N–H and O–H groups in total. The fourth-order valence-corrected chi connectivity index (χ4v) is 3.98. The lowest BCUT2D eigenvalue weighted by Crippen LogP contribution is -2.43. The Bertz CT molecular complexity index is 1500. The topological polar surface area (TPSA) is 146 Å². The number of nitrogens with zero attached hydrogens (tertiary/aromatic N) is 3. The quantitative estimate of drug-likeness (QED) is 0.293. The number of rotatable bonds is 6. The summed E-state index contributed by atoms with van der Waals surface area (Å²) < 4.78 is 16.8. The Hall–Kier alpha value is -4.64. The van der Waals surface area contributed by atoms with Crippen LogP contribution in [0.25, 0.3) is 22.2 Å². The predicted octanol–water partition coefficient (Wildman–Crippen LogP) is 4.42. The second kappa shape index (κ2) is 10.0. The van der Waals surface area contributed by atoms with E-state index in [0.29, 0.717) is 51.3 Å². The minimum absolute atomic E-state index is 0.248. The van der Waals surface area contributed by atoms with Gasteiger partial charge in [-0.3, -0.25) is 5.32 Å². The normalized spacial score (nSPS) is 14.3. The molecule has 0 aliphatic carbocycles. The third-order valence-electron chi connectivity index (χ3n) is 5.60. The summed E-state index contributed by atoms with van der Waals surface area (Å²) >= 11 is 0. The summed E-state index contributed by atoms with van der Waals surface area (Å²) in [7, 11) is 1.60. The fraction of sp³-hybridized carbons (Fsp3) is 0.259. The first-order valence-electron chi connectivity index (χ1n) is 12.1. The first kappa shape index (κ1) is 25.0.